The smallest absolute Gasteiger partial charge is 0.187 e. The Kier molecular flexibility index (Phi) is 6.67. The Bertz CT molecular complexity index is 523. The van der Waals surface area contributed by atoms with E-state index < -0.39 is 0 Å². The monoisotopic (exact) mass is 302 g/mol. The Morgan fingerprint density at radius 2 is 1.57 bits per heavy atom. The quantitative estimate of drug-likeness (QED) is 0.322. The fourth-order valence-electron chi connectivity index (χ4n) is 2.25. The highest BCUT2D eigenvalue weighted by molar-refractivity contribution is 7.99. The van der Waals surface area contributed by atoms with Gasteiger partial charge in [-0.1, -0.05) is 24.2 Å². The molecule has 2 rings (SSSR count). The van der Waals surface area contributed by atoms with E-state index in [2.05, 4.69) is 45.1 Å². The maximum Gasteiger partial charge on any atom is 0.187 e. The van der Waals surface area contributed by atoms with Crippen molar-refractivity contribution in [1.29, 1.82) is 0 Å². The first-order chi connectivity index (χ1) is 10.2. The normalized spacial score (nSPS) is 10.8. The van der Waals surface area contributed by atoms with Gasteiger partial charge >= 0.3 is 0 Å². The summed E-state index contributed by atoms with van der Waals surface area (Å²) in [6.07, 6.45) is 9.32. The van der Waals surface area contributed by atoms with E-state index in [4.69, 9.17) is 0 Å². The topological polar surface area (TPSA) is 29.7 Å². The maximum absolute atomic E-state index is 4.46. The van der Waals surface area contributed by atoms with Crippen LogP contribution in [0.4, 0.5) is 0 Å². The van der Waals surface area contributed by atoms with Gasteiger partial charge in [-0.3, -0.25) is 0 Å². The number of rotatable bonds is 8. The summed E-state index contributed by atoms with van der Waals surface area (Å²) in [4.78, 5) is 8.91. The number of aromatic nitrogens is 3. The van der Waals surface area contributed by atoms with Gasteiger partial charge in [0, 0.05) is 35.7 Å². The van der Waals surface area contributed by atoms with E-state index in [0.717, 1.165) is 28.8 Å². The number of hydrogen-bond donors (Lipinski definition) is 0. The standard InChI is InChI=1S/C17H24N3S/c1-15-14-16(2)19-17(18-15)21-13-9-4-3-6-10-20-11-7-5-8-12-20/h5,7-8,11-12,14H,3-4,6,9-10,13H2,1-2H3/q+1. The van der Waals surface area contributed by atoms with E-state index in [0.29, 0.717) is 0 Å². The van der Waals surface area contributed by atoms with Gasteiger partial charge in [0.25, 0.3) is 0 Å². The predicted molar refractivity (Wildman–Crippen MR) is 87.3 cm³/mol. The lowest BCUT2D eigenvalue weighted by molar-refractivity contribution is -0.697. The summed E-state index contributed by atoms with van der Waals surface area (Å²) in [5.74, 6) is 1.11. The molecule has 0 saturated heterocycles. The molecule has 2 aromatic heterocycles. The minimum Gasteiger partial charge on any atom is -0.228 e. The first kappa shape index (κ1) is 16.0. The lowest BCUT2D eigenvalue weighted by Crippen LogP contribution is -2.32. The van der Waals surface area contributed by atoms with Gasteiger partial charge in [0.2, 0.25) is 0 Å². The van der Waals surface area contributed by atoms with E-state index in [1.165, 1.54) is 25.7 Å². The predicted octanol–water partition coefficient (Wildman–Crippen LogP) is 3.73. The molecule has 0 atom stereocenters. The number of thioether (sulfide) groups is 1. The van der Waals surface area contributed by atoms with Crippen molar-refractivity contribution < 1.29 is 4.57 Å². The molecule has 0 spiro atoms. The zero-order valence-corrected chi connectivity index (χ0v) is 13.8. The van der Waals surface area contributed by atoms with Gasteiger partial charge in [-0.05, 0) is 32.8 Å². The van der Waals surface area contributed by atoms with E-state index in [9.17, 15) is 0 Å². The molecule has 0 bridgehead atoms. The molecule has 0 N–H and O–H groups in total. The van der Waals surface area contributed by atoms with Crippen LogP contribution >= 0.6 is 11.8 Å². The summed E-state index contributed by atoms with van der Waals surface area (Å²) >= 11 is 1.78. The third-order valence-corrected chi connectivity index (χ3v) is 4.21. The fraction of sp³-hybridized carbons (Fsp3) is 0.471. The van der Waals surface area contributed by atoms with Crippen LogP contribution in [-0.2, 0) is 6.54 Å². The van der Waals surface area contributed by atoms with Crippen molar-refractivity contribution in [2.75, 3.05) is 5.75 Å². The zero-order valence-electron chi connectivity index (χ0n) is 13.0. The number of aryl methyl sites for hydroxylation is 3. The van der Waals surface area contributed by atoms with Crippen LogP contribution in [0.3, 0.4) is 0 Å². The van der Waals surface area contributed by atoms with Crippen LogP contribution in [0.15, 0.2) is 41.8 Å². The lowest BCUT2D eigenvalue weighted by atomic mass is 10.2. The van der Waals surface area contributed by atoms with Crippen LogP contribution in [-0.4, -0.2) is 15.7 Å². The van der Waals surface area contributed by atoms with E-state index >= 15 is 0 Å². The lowest BCUT2D eigenvalue weighted by Gasteiger charge is -2.03. The molecule has 2 aromatic rings. The maximum atomic E-state index is 4.46. The van der Waals surface area contributed by atoms with Gasteiger partial charge in [0.1, 0.15) is 6.54 Å². The molecule has 112 valence electrons. The van der Waals surface area contributed by atoms with Gasteiger partial charge < -0.3 is 0 Å². The Morgan fingerprint density at radius 1 is 0.905 bits per heavy atom. The molecule has 21 heavy (non-hydrogen) atoms. The van der Waals surface area contributed by atoms with Crippen LogP contribution in [0.2, 0.25) is 0 Å². The molecule has 0 aromatic carbocycles. The number of nitrogens with zero attached hydrogens (tertiary/aromatic N) is 3. The van der Waals surface area contributed by atoms with Crippen molar-refractivity contribution in [2.24, 2.45) is 0 Å². The first-order valence-electron chi connectivity index (χ1n) is 7.63. The number of unbranched alkanes of at least 4 members (excludes halogenated alkanes) is 3. The SMILES string of the molecule is Cc1cc(C)nc(SCCCCCC[n+]2ccccc2)n1. The van der Waals surface area contributed by atoms with Crippen LogP contribution < -0.4 is 4.57 Å². The molecule has 0 unspecified atom stereocenters. The van der Waals surface area contributed by atoms with Crippen LogP contribution in [0, 0.1) is 13.8 Å². The van der Waals surface area contributed by atoms with Crippen molar-refractivity contribution >= 4 is 11.8 Å². The van der Waals surface area contributed by atoms with Crippen LogP contribution in [0.5, 0.6) is 0 Å². The van der Waals surface area contributed by atoms with Crippen molar-refractivity contribution in [1.82, 2.24) is 9.97 Å². The Hall–Kier alpha value is -1.42. The summed E-state index contributed by atoms with van der Waals surface area (Å²) in [7, 11) is 0. The Balaban J connectivity index is 1.56. The Labute approximate surface area is 131 Å². The Morgan fingerprint density at radius 3 is 2.29 bits per heavy atom. The molecule has 4 heteroatoms. The molecule has 3 nitrogen and oxygen atoms in total. The molecular weight excluding hydrogens is 278 g/mol. The van der Waals surface area contributed by atoms with Gasteiger partial charge in [0.15, 0.2) is 17.6 Å². The molecule has 0 amide bonds. The molecule has 0 aliphatic carbocycles. The molecule has 0 aliphatic rings. The second-order valence-corrected chi connectivity index (χ2v) is 6.37. The molecular formula is C17H24N3S+. The average Bonchev–Trinajstić information content (AvgIpc) is 2.46. The second-order valence-electron chi connectivity index (χ2n) is 5.31. The van der Waals surface area contributed by atoms with E-state index in [-0.39, 0.29) is 0 Å². The third kappa shape index (κ3) is 6.25. The minimum absolute atomic E-state index is 0.923. The summed E-state index contributed by atoms with van der Waals surface area (Å²) in [6.45, 7) is 5.17. The van der Waals surface area contributed by atoms with Crippen molar-refractivity contribution in [3.05, 3.63) is 48.0 Å². The molecule has 0 fully saturated rings. The largest absolute Gasteiger partial charge is 0.228 e. The van der Waals surface area contributed by atoms with E-state index in [1.54, 1.807) is 11.8 Å². The van der Waals surface area contributed by atoms with Gasteiger partial charge in [-0.15, -0.1) is 0 Å². The second kappa shape index (κ2) is 8.78. The molecule has 0 saturated carbocycles. The highest BCUT2D eigenvalue weighted by atomic mass is 32.2. The molecule has 0 radical (unpaired) electrons. The number of hydrogen-bond acceptors (Lipinski definition) is 3. The van der Waals surface area contributed by atoms with Crippen molar-refractivity contribution in [3.63, 3.8) is 0 Å². The summed E-state index contributed by atoms with van der Waals surface area (Å²) in [5.41, 5.74) is 2.12. The van der Waals surface area contributed by atoms with Gasteiger partial charge in [-0.25, -0.2) is 14.5 Å². The summed E-state index contributed by atoms with van der Waals surface area (Å²) in [6, 6.07) is 8.25. The van der Waals surface area contributed by atoms with Crippen LogP contribution in [0.25, 0.3) is 0 Å². The van der Waals surface area contributed by atoms with Gasteiger partial charge in [0.05, 0.1) is 0 Å². The molecule has 0 aliphatic heterocycles. The summed E-state index contributed by atoms with van der Waals surface area (Å²) in [5, 5.41) is 0.923. The van der Waals surface area contributed by atoms with E-state index in [1.807, 2.05) is 19.9 Å². The van der Waals surface area contributed by atoms with Crippen molar-refractivity contribution in [3.8, 4) is 0 Å². The van der Waals surface area contributed by atoms with Crippen LogP contribution in [0.1, 0.15) is 37.1 Å². The zero-order chi connectivity index (χ0) is 14.9. The minimum atomic E-state index is 0.923. The third-order valence-electron chi connectivity index (χ3n) is 3.28. The average molecular weight is 302 g/mol. The highest BCUT2D eigenvalue weighted by Crippen LogP contribution is 2.16. The fourth-order valence-corrected chi connectivity index (χ4v) is 3.20. The highest BCUT2D eigenvalue weighted by Gasteiger charge is 2.01. The summed E-state index contributed by atoms with van der Waals surface area (Å²) < 4.78 is 2.25. The van der Waals surface area contributed by atoms with Gasteiger partial charge in [-0.2, -0.15) is 0 Å². The molecule has 2 heterocycles. The van der Waals surface area contributed by atoms with Crippen molar-refractivity contribution in [2.45, 2.75) is 51.2 Å². The first-order valence-corrected chi connectivity index (χ1v) is 8.62. The number of pyridine rings is 1.